The van der Waals surface area contributed by atoms with Crippen molar-refractivity contribution < 1.29 is 9.53 Å². The van der Waals surface area contributed by atoms with E-state index in [1.54, 1.807) is 6.08 Å². The number of rotatable bonds is 4. The number of hydrogen-bond acceptors (Lipinski definition) is 5. The van der Waals surface area contributed by atoms with Gasteiger partial charge in [0, 0.05) is 31.4 Å². The van der Waals surface area contributed by atoms with Crippen LogP contribution in [0.1, 0.15) is 37.6 Å². The van der Waals surface area contributed by atoms with E-state index < -0.39 is 0 Å². The van der Waals surface area contributed by atoms with Gasteiger partial charge < -0.3 is 20.3 Å². The molecule has 0 aromatic carbocycles. The van der Waals surface area contributed by atoms with E-state index in [-0.39, 0.29) is 17.5 Å². The summed E-state index contributed by atoms with van der Waals surface area (Å²) in [4.78, 5) is 23.6. The Morgan fingerprint density at radius 3 is 2.96 bits per heavy atom. The lowest BCUT2D eigenvalue weighted by atomic mass is 9.74. The molecule has 1 fully saturated rings. The van der Waals surface area contributed by atoms with Crippen LogP contribution in [-0.4, -0.2) is 48.8 Å². The standard InChI is InChI=1S/C18H27N5O2/c1-4-5-19-17(24)22-15-11-18(2,3)10-14-13(15)12-20-16(21-14)23-6-8-25-9-7-23/h4,12,15H,1,5-11H2,2-3H3,(H2,19,22,24). The summed E-state index contributed by atoms with van der Waals surface area (Å²) in [7, 11) is 0. The number of fused-ring (bicyclic) bond motifs is 1. The molecule has 2 N–H and O–H groups in total. The molecule has 2 heterocycles. The number of anilines is 1. The van der Waals surface area contributed by atoms with Crippen molar-refractivity contribution in [1.82, 2.24) is 20.6 Å². The zero-order chi connectivity index (χ0) is 17.9. The number of morpholine rings is 1. The number of carbonyl (C=O) groups is 1. The molecular formula is C18H27N5O2. The van der Waals surface area contributed by atoms with E-state index in [4.69, 9.17) is 9.72 Å². The maximum Gasteiger partial charge on any atom is 0.315 e. The highest BCUT2D eigenvalue weighted by molar-refractivity contribution is 5.74. The average molecular weight is 345 g/mol. The molecule has 1 saturated heterocycles. The number of nitrogens with one attached hydrogen (secondary N) is 2. The third-order valence-corrected chi connectivity index (χ3v) is 4.67. The van der Waals surface area contributed by atoms with Crippen molar-refractivity contribution in [1.29, 1.82) is 0 Å². The van der Waals surface area contributed by atoms with Gasteiger partial charge >= 0.3 is 6.03 Å². The van der Waals surface area contributed by atoms with Crippen LogP contribution in [0.2, 0.25) is 0 Å². The highest BCUT2D eigenvalue weighted by Gasteiger charge is 2.34. The SMILES string of the molecule is C=CCNC(=O)NC1CC(C)(C)Cc2nc(N3CCOCC3)ncc21. The van der Waals surface area contributed by atoms with Crippen LogP contribution >= 0.6 is 0 Å². The van der Waals surface area contributed by atoms with Crippen LogP contribution in [0.5, 0.6) is 0 Å². The van der Waals surface area contributed by atoms with Crippen molar-refractivity contribution in [2.45, 2.75) is 32.7 Å². The molecule has 25 heavy (non-hydrogen) atoms. The zero-order valence-electron chi connectivity index (χ0n) is 15.0. The molecule has 1 aliphatic carbocycles. The number of hydrogen-bond donors (Lipinski definition) is 2. The zero-order valence-corrected chi connectivity index (χ0v) is 15.0. The third-order valence-electron chi connectivity index (χ3n) is 4.67. The largest absolute Gasteiger partial charge is 0.378 e. The number of carbonyl (C=O) groups excluding carboxylic acids is 1. The minimum atomic E-state index is -0.189. The monoisotopic (exact) mass is 345 g/mol. The maximum atomic E-state index is 12.1. The Morgan fingerprint density at radius 2 is 2.24 bits per heavy atom. The van der Waals surface area contributed by atoms with Crippen molar-refractivity contribution in [3.63, 3.8) is 0 Å². The van der Waals surface area contributed by atoms with Gasteiger partial charge in [0.2, 0.25) is 5.95 Å². The molecule has 0 spiro atoms. The van der Waals surface area contributed by atoms with Crippen molar-refractivity contribution in [3.05, 3.63) is 30.1 Å². The smallest absolute Gasteiger partial charge is 0.315 e. The highest BCUT2D eigenvalue weighted by atomic mass is 16.5. The topological polar surface area (TPSA) is 79.4 Å². The van der Waals surface area contributed by atoms with Crippen LogP contribution in [0, 0.1) is 5.41 Å². The van der Waals surface area contributed by atoms with Gasteiger partial charge in [-0.15, -0.1) is 6.58 Å². The van der Waals surface area contributed by atoms with Gasteiger partial charge in [0.25, 0.3) is 0 Å². The molecule has 1 aromatic rings. The van der Waals surface area contributed by atoms with Crippen LogP contribution in [0.25, 0.3) is 0 Å². The number of aromatic nitrogens is 2. The lowest BCUT2D eigenvalue weighted by Gasteiger charge is -2.37. The van der Waals surface area contributed by atoms with Gasteiger partial charge in [-0.05, 0) is 18.3 Å². The Labute approximate surface area is 148 Å². The molecule has 2 aliphatic rings. The van der Waals surface area contributed by atoms with Crippen LogP contribution < -0.4 is 15.5 Å². The van der Waals surface area contributed by atoms with Crippen LogP contribution in [0.15, 0.2) is 18.9 Å². The van der Waals surface area contributed by atoms with Gasteiger partial charge in [0.1, 0.15) is 0 Å². The fourth-order valence-electron chi connectivity index (χ4n) is 3.46. The first kappa shape index (κ1) is 17.7. The lowest BCUT2D eigenvalue weighted by molar-refractivity contribution is 0.122. The van der Waals surface area contributed by atoms with Crippen molar-refractivity contribution in [2.75, 3.05) is 37.7 Å². The summed E-state index contributed by atoms with van der Waals surface area (Å²) in [5.74, 6) is 0.759. The second kappa shape index (κ2) is 7.39. The summed E-state index contributed by atoms with van der Waals surface area (Å²) in [5.41, 5.74) is 2.12. The summed E-state index contributed by atoms with van der Waals surface area (Å²) in [5, 5.41) is 5.82. The minimum absolute atomic E-state index is 0.0695. The van der Waals surface area contributed by atoms with Gasteiger partial charge in [-0.2, -0.15) is 0 Å². The number of ether oxygens (including phenoxy) is 1. The summed E-state index contributed by atoms with van der Waals surface area (Å²) in [6.07, 6.45) is 5.29. The lowest BCUT2D eigenvalue weighted by Crippen LogP contribution is -2.42. The second-order valence-corrected chi connectivity index (χ2v) is 7.41. The van der Waals surface area contributed by atoms with Crippen LogP contribution in [-0.2, 0) is 11.2 Å². The Morgan fingerprint density at radius 1 is 1.48 bits per heavy atom. The Kier molecular flexibility index (Phi) is 5.22. The van der Waals surface area contributed by atoms with Crippen molar-refractivity contribution in [3.8, 4) is 0 Å². The first-order valence-corrected chi connectivity index (χ1v) is 8.82. The van der Waals surface area contributed by atoms with Gasteiger partial charge in [0.15, 0.2) is 0 Å². The molecular weight excluding hydrogens is 318 g/mol. The Bertz CT molecular complexity index is 640. The molecule has 0 saturated carbocycles. The van der Waals surface area contributed by atoms with E-state index in [1.165, 1.54) is 0 Å². The van der Waals surface area contributed by atoms with Crippen molar-refractivity contribution >= 4 is 12.0 Å². The predicted octanol–water partition coefficient (Wildman–Crippen LogP) is 1.81. The van der Waals surface area contributed by atoms with Gasteiger partial charge in [-0.25, -0.2) is 14.8 Å². The van der Waals surface area contributed by atoms with Crippen molar-refractivity contribution in [2.24, 2.45) is 5.41 Å². The molecule has 1 atom stereocenters. The normalized spacial score (nSPS) is 22.0. The second-order valence-electron chi connectivity index (χ2n) is 7.41. The minimum Gasteiger partial charge on any atom is -0.378 e. The van der Waals surface area contributed by atoms with E-state index >= 15 is 0 Å². The summed E-state index contributed by atoms with van der Waals surface area (Å²) in [6, 6.07) is -0.270. The van der Waals surface area contributed by atoms with Gasteiger partial charge in [0.05, 0.1) is 24.9 Å². The fourth-order valence-corrected chi connectivity index (χ4v) is 3.46. The van der Waals surface area contributed by atoms with E-state index in [9.17, 15) is 4.79 Å². The molecule has 2 amide bonds. The molecule has 3 rings (SSSR count). The molecule has 0 bridgehead atoms. The molecule has 1 unspecified atom stereocenters. The summed E-state index contributed by atoms with van der Waals surface area (Å²) < 4.78 is 5.40. The Hall–Kier alpha value is -2.15. The maximum absolute atomic E-state index is 12.1. The van der Waals surface area contributed by atoms with E-state index in [1.807, 2.05) is 6.20 Å². The number of amides is 2. The quantitative estimate of drug-likeness (QED) is 0.814. The average Bonchev–Trinajstić information content (AvgIpc) is 2.59. The van der Waals surface area contributed by atoms with E-state index in [0.29, 0.717) is 19.8 Å². The van der Waals surface area contributed by atoms with Crippen LogP contribution in [0.4, 0.5) is 10.7 Å². The van der Waals surface area contributed by atoms with E-state index in [0.717, 1.165) is 43.1 Å². The first-order chi connectivity index (χ1) is 12.0. The molecule has 7 heteroatoms. The summed E-state index contributed by atoms with van der Waals surface area (Å²) in [6.45, 7) is 11.5. The molecule has 1 aromatic heterocycles. The van der Waals surface area contributed by atoms with Gasteiger partial charge in [-0.3, -0.25) is 0 Å². The Balaban J connectivity index is 1.81. The molecule has 0 radical (unpaired) electrons. The molecule has 7 nitrogen and oxygen atoms in total. The fraction of sp³-hybridized carbons (Fsp3) is 0.611. The summed E-state index contributed by atoms with van der Waals surface area (Å²) >= 11 is 0. The molecule has 136 valence electrons. The number of urea groups is 1. The molecule has 1 aliphatic heterocycles. The van der Waals surface area contributed by atoms with E-state index in [2.05, 4.69) is 40.9 Å². The van der Waals surface area contributed by atoms with Gasteiger partial charge in [-0.1, -0.05) is 19.9 Å². The number of nitrogens with zero attached hydrogens (tertiary/aromatic N) is 3. The highest BCUT2D eigenvalue weighted by Crippen LogP contribution is 2.40. The third kappa shape index (κ3) is 4.28. The predicted molar refractivity (Wildman–Crippen MR) is 96.6 cm³/mol. The first-order valence-electron chi connectivity index (χ1n) is 8.82. The van der Waals surface area contributed by atoms with Crippen LogP contribution in [0.3, 0.4) is 0 Å².